The van der Waals surface area contributed by atoms with E-state index in [0.29, 0.717) is 0 Å². The second kappa shape index (κ2) is 12.6. The molecule has 3 rings (SSSR count). The lowest BCUT2D eigenvalue weighted by atomic mass is 9.70. The highest BCUT2D eigenvalue weighted by Crippen LogP contribution is 2.48. The SMILES string of the molecule is CCCCC(c1ccc([Si](C)(C)C)cc1)C(OB(O)O)(c1ccc([Si](C)(C)C)cc1)c1ccc([Si](C)(C)C)cc1. The molecule has 0 saturated heterocycles. The van der Waals surface area contributed by atoms with Gasteiger partial charge >= 0.3 is 7.32 Å². The predicted molar refractivity (Wildman–Crippen MR) is 183 cm³/mol. The second-order valence-electron chi connectivity index (χ2n) is 14.4. The van der Waals surface area contributed by atoms with Gasteiger partial charge in [0.05, 0.1) is 24.2 Å². The number of unbranched alkanes of at least 4 members (excludes halogenated alkanes) is 1. The maximum Gasteiger partial charge on any atom is 0.634 e. The van der Waals surface area contributed by atoms with Crippen LogP contribution in [0.4, 0.5) is 0 Å². The molecule has 0 aromatic heterocycles. The molecule has 0 spiro atoms. The minimum Gasteiger partial charge on any atom is -0.402 e. The van der Waals surface area contributed by atoms with Crippen LogP contribution in [0.1, 0.15) is 48.8 Å². The number of hydrogen-bond donors (Lipinski definition) is 2. The number of benzene rings is 3. The van der Waals surface area contributed by atoms with E-state index in [-0.39, 0.29) is 5.92 Å². The summed E-state index contributed by atoms with van der Waals surface area (Å²) in [4.78, 5) is 0. The Balaban J connectivity index is 2.35. The third-order valence-electron chi connectivity index (χ3n) is 8.17. The Morgan fingerprint density at radius 3 is 1.27 bits per heavy atom. The molecule has 0 aliphatic rings. The van der Waals surface area contributed by atoms with Gasteiger partial charge in [-0.2, -0.15) is 0 Å². The Kier molecular flexibility index (Phi) is 10.4. The summed E-state index contributed by atoms with van der Waals surface area (Å²) in [6.07, 6.45) is 2.92. The standard InChI is InChI=1S/C33H51BO3Si3/c1-11-12-13-32(26-14-20-29(21-15-26)38(2,3)4)33(37-34(35)36,27-16-22-30(23-17-27)39(5,6)7)28-18-24-31(25-19-28)40(8,9)10/h14-25,32,35-36H,11-13H2,1-10H3. The first-order valence-corrected chi connectivity index (χ1v) is 25.4. The molecule has 0 saturated carbocycles. The van der Waals surface area contributed by atoms with Crippen molar-refractivity contribution in [1.29, 1.82) is 0 Å². The first kappa shape index (κ1) is 32.8. The fraction of sp³-hybridized carbons (Fsp3) is 0.455. The van der Waals surface area contributed by atoms with Crippen molar-refractivity contribution in [3.63, 3.8) is 0 Å². The number of rotatable bonds is 12. The molecule has 7 heteroatoms. The fourth-order valence-corrected chi connectivity index (χ4v) is 9.12. The van der Waals surface area contributed by atoms with Crippen molar-refractivity contribution in [2.24, 2.45) is 0 Å². The van der Waals surface area contributed by atoms with Crippen molar-refractivity contribution in [3.05, 3.63) is 89.5 Å². The van der Waals surface area contributed by atoms with Crippen LogP contribution in [-0.4, -0.2) is 41.6 Å². The van der Waals surface area contributed by atoms with Gasteiger partial charge in [-0.3, -0.25) is 0 Å². The van der Waals surface area contributed by atoms with Crippen molar-refractivity contribution >= 4 is 47.1 Å². The van der Waals surface area contributed by atoms with Gasteiger partial charge in [-0.05, 0) is 23.1 Å². The molecule has 40 heavy (non-hydrogen) atoms. The van der Waals surface area contributed by atoms with Gasteiger partial charge in [0.2, 0.25) is 0 Å². The van der Waals surface area contributed by atoms with Gasteiger partial charge in [-0.15, -0.1) is 0 Å². The molecule has 2 N–H and O–H groups in total. The van der Waals surface area contributed by atoms with E-state index in [1.54, 1.807) is 0 Å². The maximum absolute atomic E-state index is 10.5. The minimum absolute atomic E-state index is 0.111. The monoisotopic (exact) mass is 590 g/mol. The van der Waals surface area contributed by atoms with E-state index in [2.05, 4.69) is 139 Å². The van der Waals surface area contributed by atoms with Crippen LogP contribution in [-0.2, 0) is 10.3 Å². The van der Waals surface area contributed by atoms with E-state index >= 15 is 0 Å². The molecule has 0 radical (unpaired) electrons. The largest absolute Gasteiger partial charge is 0.634 e. The summed E-state index contributed by atoms with van der Waals surface area (Å²) in [5.74, 6) is -0.111. The molecule has 0 aliphatic heterocycles. The van der Waals surface area contributed by atoms with E-state index in [0.717, 1.165) is 30.4 Å². The predicted octanol–water partition coefficient (Wildman–Crippen LogP) is 6.53. The summed E-state index contributed by atoms with van der Waals surface area (Å²) in [6, 6.07) is 26.6. The topological polar surface area (TPSA) is 49.7 Å². The summed E-state index contributed by atoms with van der Waals surface area (Å²) in [5, 5.41) is 25.2. The van der Waals surface area contributed by atoms with E-state index in [9.17, 15) is 10.0 Å². The Hall–Kier alpha value is -1.74. The first-order chi connectivity index (χ1) is 18.5. The van der Waals surface area contributed by atoms with Crippen LogP contribution >= 0.6 is 0 Å². The van der Waals surface area contributed by atoms with Crippen LogP contribution in [0.25, 0.3) is 0 Å². The van der Waals surface area contributed by atoms with Gasteiger partial charge in [0, 0.05) is 5.92 Å². The molecule has 0 fully saturated rings. The van der Waals surface area contributed by atoms with Crippen LogP contribution < -0.4 is 15.6 Å². The lowest BCUT2D eigenvalue weighted by Gasteiger charge is -2.43. The van der Waals surface area contributed by atoms with Crippen LogP contribution in [0.5, 0.6) is 0 Å². The normalized spacial score (nSPS) is 13.8. The molecule has 0 amide bonds. The van der Waals surface area contributed by atoms with Crippen molar-refractivity contribution in [1.82, 2.24) is 0 Å². The summed E-state index contributed by atoms with van der Waals surface area (Å²) in [7, 11) is -6.43. The zero-order chi connectivity index (χ0) is 29.9. The summed E-state index contributed by atoms with van der Waals surface area (Å²) in [6.45, 7) is 23.4. The molecule has 1 atom stereocenters. The molecule has 0 bridgehead atoms. The summed E-state index contributed by atoms with van der Waals surface area (Å²) < 4.78 is 6.41. The van der Waals surface area contributed by atoms with Crippen LogP contribution in [0, 0.1) is 0 Å². The van der Waals surface area contributed by atoms with Crippen LogP contribution in [0.3, 0.4) is 0 Å². The second-order valence-corrected chi connectivity index (χ2v) is 29.6. The Bertz CT molecular complexity index is 1160. The van der Waals surface area contributed by atoms with Gasteiger partial charge in [0.15, 0.2) is 0 Å². The summed E-state index contributed by atoms with van der Waals surface area (Å²) in [5.41, 5.74) is 2.01. The Labute approximate surface area is 247 Å². The van der Waals surface area contributed by atoms with E-state index in [1.165, 1.54) is 21.1 Å². The molecular weight excluding hydrogens is 539 g/mol. The summed E-state index contributed by atoms with van der Waals surface area (Å²) >= 11 is 0. The lowest BCUT2D eigenvalue weighted by Crippen LogP contribution is -2.45. The molecule has 216 valence electrons. The Morgan fingerprint density at radius 1 is 0.625 bits per heavy atom. The van der Waals surface area contributed by atoms with Gasteiger partial charge in [-0.25, -0.2) is 0 Å². The first-order valence-electron chi connectivity index (χ1n) is 14.9. The highest BCUT2D eigenvalue weighted by Gasteiger charge is 2.46. The molecule has 3 aromatic rings. The lowest BCUT2D eigenvalue weighted by molar-refractivity contribution is 0.0224. The highest BCUT2D eigenvalue weighted by molar-refractivity contribution is 6.89. The smallest absolute Gasteiger partial charge is 0.402 e. The molecular formula is C33H51BO3Si3. The van der Waals surface area contributed by atoms with E-state index in [4.69, 9.17) is 4.65 Å². The van der Waals surface area contributed by atoms with Crippen LogP contribution in [0.2, 0.25) is 58.9 Å². The van der Waals surface area contributed by atoms with Crippen molar-refractivity contribution in [2.75, 3.05) is 0 Å². The molecule has 1 unspecified atom stereocenters. The Morgan fingerprint density at radius 2 is 0.975 bits per heavy atom. The quantitative estimate of drug-likeness (QED) is 0.236. The minimum atomic E-state index is -1.92. The van der Waals surface area contributed by atoms with Gasteiger partial charge in [0.1, 0.15) is 5.60 Å². The van der Waals surface area contributed by atoms with Crippen molar-refractivity contribution in [3.8, 4) is 0 Å². The third-order valence-corrected chi connectivity index (χ3v) is 14.4. The van der Waals surface area contributed by atoms with E-state index < -0.39 is 37.1 Å². The zero-order valence-electron chi connectivity index (χ0n) is 26.5. The molecule has 0 aliphatic carbocycles. The average Bonchev–Trinajstić information content (AvgIpc) is 2.87. The van der Waals surface area contributed by atoms with Crippen LogP contribution in [0.15, 0.2) is 72.8 Å². The highest BCUT2D eigenvalue weighted by atomic mass is 28.3. The van der Waals surface area contributed by atoms with Gasteiger partial charge in [-0.1, -0.05) is 167 Å². The van der Waals surface area contributed by atoms with Crippen molar-refractivity contribution in [2.45, 2.75) is 96.6 Å². The maximum atomic E-state index is 10.5. The van der Waals surface area contributed by atoms with E-state index in [1.807, 2.05) is 0 Å². The fourth-order valence-electron chi connectivity index (χ4n) is 5.62. The van der Waals surface area contributed by atoms with Gasteiger partial charge < -0.3 is 14.7 Å². The van der Waals surface area contributed by atoms with Crippen molar-refractivity contribution < 1.29 is 14.7 Å². The molecule has 3 aromatic carbocycles. The molecule has 3 nitrogen and oxygen atoms in total. The number of hydrogen-bond acceptors (Lipinski definition) is 3. The average molecular weight is 591 g/mol. The zero-order valence-corrected chi connectivity index (χ0v) is 29.5. The third kappa shape index (κ3) is 7.55. The van der Waals surface area contributed by atoms with Gasteiger partial charge in [0.25, 0.3) is 0 Å². The molecule has 0 heterocycles.